The van der Waals surface area contributed by atoms with E-state index >= 15 is 0 Å². The fraction of sp³-hybridized carbons (Fsp3) is 0.176. The average molecular weight is 263 g/mol. The van der Waals surface area contributed by atoms with E-state index in [9.17, 15) is 0 Å². The molecule has 0 aliphatic heterocycles. The number of aromatic nitrogens is 2. The van der Waals surface area contributed by atoms with Gasteiger partial charge in [-0.25, -0.2) is 0 Å². The summed E-state index contributed by atoms with van der Waals surface area (Å²) in [5, 5.41) is 1.15. The van der Waals surface area contributed by atoms with Gasteiger partial charge in [0.2, 0.25) is 0 Å². The third-order valence-corrected chi connectivity index (χ3v) is 3.56. The molecule has 0 radical (unpaired) electrons. The van der Waals surface area contributed by atoms with E-state index in [1.807, 2.05) is 36.5 Å². The molecular formula is C17H17N3. The van der Waals surface area contributed by atoms with Gasteiger partial charge in [-0.05, 0) is 36.2 Å². The van der Waals surface area contributed by atoms with Crippen LogP contribution in [0, 0.1) is 6.92 Å². The molecule has 3 aromatic rings. The molecule has 2 N–H and O–H groups in total. The van der Waals surface area contributed by atoms with Crippen LogP contribution in [0.5, 0.6) is 0 Å². The Kier molecular flexibility index (Phi) is 3.44. The van der Waals surface area contributed by atoms with Gasteiger partial charge in [0.15, 0.2) is 0 Å². The van der Waals surface area contributed by atoms with Crippen LogP contribution in [0.4, 0.5) is 0 Å². The minimum Gasteiger partial charge on any atom is -0.324 e. The van der Waals surface area contributed by atoms with Crippen LogP contribution in [-0.4, -0.2) is 9.97 Å². The number of benzene rings is 1. The van der Waals surface area contributed by atoms with Crippen molar-refractivity contribution in [3.8, 4) is 0 Å². The van der Waals surface area contributed by atoms with Crippen molar-refractivity contribution in [2.75, 3.05) is 0 Å². The van der Waals surface area contributed by atoms with Crippen molar-refractivity contribution in [2.24, 2.45) is 5.73 Å². The zero-order valence-corrected chi connectivity index (χ0v) is 11.5. The van der Waals surface area contributed by atoms with Gasteiger partial charge >= 0.3 is 0 Å². The lowest BCUT2D eigenvalue weighted by atomic mass is 10.00. The zero-order chi connectivity index (χ0) is 13.9. The molecular weight excluding hydrogens is 246 g/mol. The predicted octanol–water partition coefficient (Wildman–Crippen LogP) is 3.18. The topological polar surface area (TPSA) is 51.8 Å². The third-order valence-electron chi connectivity index (χ3n) is 3.56. The highest BCUT2D eigenvalue weighted by atomic mass is 14.7. The van der Waals surface area contributed by atoms with Crippen LogP contribution in [0.2, 0.25) is 0 Å². The molecule has 0 bridgehead atoms. The molecule has 3 rings (SSSR count). The van der Waals surface area contributed by atoms with E-state index in [1.54, 1.807) is 6.20 Å². The Bertz CT molecular complexity index is 737. The van der Waals surface area contributed by atoms with Gasteiger partial charge in [0.25, 0.3) is 0 Å². The molecule has 100 valence electrons. The maximum atomic E-state index is 6.29. The highest BCUT2D eigenvalue weighted by molar-refractivity contribution is 5.78. The lowest BCUT2D eigenvalue weighted by Gasteiger charge is -2.14. The highest BCUT2D eigenvalue weighted by Crippen LogP contribution is 2.19. The summed E-state index contributed by atoms with van der Waals surface area (Å²) in [7, 11) is 0. The van der Waals surface area contributed by atoms with Crippen molar-refractivity contribution >= 4 is 10.9 Å². The van der Waals surface area contributed by atoms with E-state index in [1.165, 1.54) is 5.56 Å². The molecule has 20 heavy (non-hydrogen) atoms. The summed E-state index contributed by atoms with van der Waals surface area (Å²) in [5.74, 6) is 0. The minimum absolute atomic E-state index is 0.0719. The Morgan fingerprint density at radius 3 is 2.80 bits per heavy atom. The summed E-state index contributed by atoms with van der Waals surface area (Å²) in [5.41, 5.74) is 10.6. The molecule has 0 aliphatic rings. The Morgan fingerprint density at radius 2 is 1.95 bits per heavy atom. The van der Waals surface area contributed by atoms with Gasteiger partial charge in [0.05, 0.1) is 5.52 Å². The van der Waals surface area contributed by atoms with Crippen LogP contribution in [-0.2, 0) is 6.42 Å². The smallest absolute Gasteiger partial charge is 0.0705 e. The second-order valence-electron chi connectivity index (χ2n) is 5.04. The number of hydrogen-bond donors (Lipinski definition) is 1. The number of fused-ring (bicyclic) bond motifs is 1. The van der Waals surface area contributed by atoms with Gasteiger partial charge < -0.3 is 5.73 Å². The van der Waals surface area contributed by atoms with Crippen molar-refractivity contribution < 1.29 is 0 Å². The van der Waals surface area contributed by atoms with Crippen LogP contribution < -0.4 is 5.73 Å². The van der Waals surface area contributed by atoms with Crippen molar-refractivity contribution in [1.82, 2.24) is 9.97 Å². The lowest BCUT2D eigenvalue weighted by molar-refractivity contribution is 0.700. The number of hydrogen-bond acceptors (Lipinski definition) is 3. The fourth-order valence-corrected chi connectivity index (χ4v) is 2.42. The number of aryl methyl sites for hydroxylation is 1. The number of pyridine rings is 2. The Morgan fingerprint density at radius 1 is 1.10 bits per heavy atom. The van der Waals surface area contributed by atoms with Crippen molar-refractivity contribution in [3.05, 3.63) is 71.7 Å². The summed E-state index contributed by atoms with van der Waals surface area (Å²) >= 11 is 0. The molecule has 2 heterocycles. The molecule has 0 aliphatic carbocycles. The van der Waals surface area contributed by atoms with Gasteiger partial charge in [0.1, 0.15) is 0 Å². The van der Waals surface area contributed by atoms with E-state index in [-0.39, 0.29) is 6.04 Å². The van der Waals surface area contributed by atoms with Crippen molar-refractivity contribution in [1.29, 1.82) is 0 Å². The Hall–Kier alpha value is -2.26. The second kappa shape index (κ2) is 5.39. The first kappa shape index (κ1) is 12.8. The first-order valence-electron chi connectivity index (χ1n) is 6.75. The maximum absolute atomic E-state index is 6.29. The van der Waals surface area contributed by atoms with E-state index < -0.39 is 0 Å². The van der Waals surface area contributed by atoms with Gasteiger partial charge in [-0.3, -0.25) is 9.97 Å². The second-order valence-corrected chi connectivity index (χ2v) is 5.04. The fourth-order valence-electron chi connectivity index (χ4n) is 2.42. The largest absolute Gasteiger partial charge is 0.324 e. The molecule has 3 nitrogen and oxygen atoms in total. The average Bonchev–Trinajstić information content (AvgIpc) is 2.47. The first-order chi connectivity index (χ1) is 9.74. The molecule has 1 unspecified atom stereocenters. The number of para-hydroxylation sites is 1. The van der Waals surface area contributed by atoms with Crippen molar-refractivity contribution in [3.63, 3.8) is 0 Å². The minimum atomic E-state index is -0.0719. The molecule has 3 heteroatoms. The van der Waals surface area contributed by atoms with Crippen molar-refractivity contribution in [2.45, 2.75) is 19.4 Å². The van der Waals surface area contributed by atoms with Gasteiger partial charge in [-0.15, -0.1) is 0 Å². The summed E-state index contributed by atoms with van der Waals surface area (Å²) in [6, 6.07) is 14.2. The van der Waals surface area contributed by atoms with E-state index in [4.69, 9.17) is 5.73 Å². The van der Waals surface area contributed by atoms with Gasteiger partial charge in [-0.2, -0.15) is 0 Å². The molecule has 0 amide bonds. The van der Waals surface area contributed by atoms with Gasteiger partial charge in [0, 0.05) is 35.9 Å². The number of nitrogens with zero attached hydrogens (tertiary/aromatic N) is 2. The molecule has 0 saturated heterocycles. The van der Waals surface area contributed by atoms with Crippen LogP contribution in [0.1, 0.15) is 22.9 Å². The van der Waals surface area contributed by atoms with Crippen LogP contribution in [0.3, 0.4) is 0 Å². The first-order valence-corrected chi connectivity index (χ1v) is 6.75. The standard InChI is InChI=1S/C17H17N3/c1-12-8-9-19-11-15(12)16(18)10-14-7-6-13-4-2-3-5-17(13)20-14/h2-9,11,16H,10,18H2,1H3. The highest BCUT2D eigenvalue weighted by Gasteiger charge is 2.11. The molecule has 1 atom stereocenters. The summed E-state index contributed by atoms with van der Waals surface area (Å²) < 4.78 is 0. The normalized spacial score (nSPS) is 12.5. The third kappa shape index (κ3) is 2.53. The SMILES string of the molecule is Cc1ccncc1C(N)Cc1ccc2ccccc2n1. The van der Waals surface area contributed by atoms with E-state index in [2.05, 4.69) is 29.0 Å². The summed E-state index contributed by atoms with van der Waals surface area (Å²) in [6.07, 6.45) is 4.36. The van der Waals surface area contributed by atoms with Crippen LogP contribution in [0.15, 0.2) is 54.9 Å². The number of nitrogens with two attached hydrogens (primary N) is 1. The molecule has 2 aromatic heterocycles. The Balaban J connectivity index is 1.87. The number of rotatable bonds is 3. The summed E-state index contributed by atoms with van der Waals surface area (Å²) in [6.45, 7) is 2.06. The maximum Gasteiger partial charge on any atom is 0.0705 e. The monoisotopic (exact) mass is 263 g/mol. The molecule has 1 aromatic carbocycles. The molecule has 0 saturated carbocycles. The molecule has 0 fully saturated rings. The van der Waals surface area contributed by atoms with E-state index in [0.717, 1.165) is 28.6 Å². The predicted molar refractivity (Wildman–Crippen MR) is 81.3 cm³/mol. The Labute approximate surface area is 118 Å². The van der Waals surface area contributed by atoms with Crippen LogP contribution >= 0.6 is 0 Å². The van der Waals surface area contributed by atoms with E-state index in [0.29, 0.717) is 0 Å². The van der Waals surface area contributed by atoms with Crippen LogP contribution in [0.25, 0.3) is 10.9 Å². The summed E-state index contributed by atoms with van der Waals surface area (Å²) in [4.78, 5) is 8.83. The zero-order valence-electron chi connectivity index (χ0n) is 11.5. The quantitative estimate of drug-likeness (QED) is 0.789. The van der Waals surface area contributed by atoms with Gasteiger partial charge in [-0.1, -0.05) is 24.3 Å². The lowest BCUT2D eigenvalue weighted by Crippen LogP contribution is -2.15. The molecule has 0 spiro atoms.